The summed E-state index contributed by atoms with van der Waals surface area (Å²) in [5.74, 6) is 2.18. The molecule has 0 bridgehead atoms. The molecule has 1 saturated carbocycles. The van der Waals surface area contributed by atoms with Gasteiger partial charge in [0.1, 0.15) is 0 Å². The smallest absolute Gasteiger partial charge is 0.220 e. The molecule has 0 unspecified atom stereocenters. The first kappa shape index (κ1) is 9.76. The predicted octanol–water partition coefficient (Wildman–Crippen LogP) is 2.67. The molecule has 4 rings (SSSR count). The van der Waals surface area contributed by atoms with Crippen LogP contribution in [0.3, 0.4) is 0 Å². The van der Waals surface area contributed by atoms with Gasteiger partial charge in [-0.2, -0.15) is 9.50 Å². The lowest BCUT2D eigenvalue weighted by molar-refractivity contribution is 0.878. The average molecular weight is 236 g/mol. The van der Waals surface area contributed by atoms with Crippen molar-refractivity contribution >= 4 is 5.78 Å². The van der Waals surface area contributed by atoms with Gasteiger partial charge in [-0.1, -0.05) is 30.3 Å². The molecular weight excluding hydrogens is 224 g/mol. The second kappa shape index (κ2) is 3.63. The molecule has 18 heavy (non-hydrogen) atoms. The van der Waals surface area contributed by atoms with Gasteiger partial charge in [0.15, 0.2) is 5.82 Å². The molecule has 1 aliphatic carbocycles. The second-order valence-electron chi connectivity index (χ2n) is 4.65. The molecule has 0 amide bonds. The van der Waals surface area contributed by atoms with E-state index in [2.05, 4.69) is 27.2 Å². The maximum Gasteiger partial charge on any atom is 0.252 e. The molecule has 88 valence electrons. The Labute approximate surface area is 104 Å². The van der Waals surface area contributed by atoms with Crippen molar-refractivity contribution in [1.29, 1.82) is 0 Å². The van der Waals surface area contributed by atoms with Crippen LogP contribution in [0, 0.1) is 0 Å². The summed E-state index contributed by atoms with van der Waals surface area (Å²) in [6, 6.07) is 12.2. The molecule has 3 aromatic rings. The number of benzene rings is 1. The summed E-state index contributed by atoms with van der Waals surface area (Å²) in [7, 11) is 0. The van der Waals surface area contributed by atoms with Gasteiger partial charge in [0.05, 0.1) is 5.69 Å². The minimum absolute atomic E-state index is 0.551. The van der Waals surface area contributed by atoms with E-state index in [-0.39, 0.29) is 0 Å². The third kappa shape index (κ3) is 1.49. The maximum atomic E-state index is 4.59. The molecule has 0 N–H and O–H groups in total. The highest BCUT2D eigenvalue weighted by Crippen LogP contribution is 2.38. The third-order valence-electron chi connectivity index (χ3n) is 3.27. The molecular formula is C14H12N4. The van der Waals surface area contributed by atoms with Crippen molar-refractivity contribution in [2.45, 2.75) is 18.8 Å². The van der Waals surface area contributed by atoms with E-state index in [0.717, 1.165) is 17.1 Å². The molecule has 4 nitrogen and oxygen atoms in total. The van der Waals surface area contributed by atoms with Crippen LogP contribution in [-0.2, 0) is 0 Å². The lowest BCUT2D eigenvalue weighted by Crippen LogP contribution is -1.95. The van der Waals surface area contributed by atoms with Crippen LogP contribution in [-0.4, -0.2) is 19.6 Å². The van der Waals surface area contributed by atoms with Crippen LogP contribution >= 0.6 is 0 Å². The zero-order valence-electron chi connectivity index (χ0n) is 9.82. The monoisotopic (exact) mass is 236 g/mol. The largest absolute Gasteiger partial charge is 0.252 e. The lowest BCUT2D eigenvalue weighted by atomic mass is 10.1. The van der Waals surface area contributed by atoms with Crippen molar-refractivity contribution in [1.82, 2.24) is 19.6 Å². The molecule has 0 saturated heterocycles. The van der Waals surface area contributed by atoms with Gasteiger partial charge in [-0.3, -0.25) is 0 Å². The van der Waals surface area contributed by atoms with Crippen LogP contribution in [0.2, 0.25) is 0 Å². The van der Waals surface area contributed by atoms with E-state index in [4.69, 9.17) is 0 Å². The third-order valence-corrected chi connectivity index (χ3v) is 3.27. The Balaban J connectivity index is 1.94. The Morgan fingerprint density at radius 3 is 2.67 bits per heavy atom. The quantitative estimate of drug-likeness (QED) is 0.687. The highest BCUT2D eigenvalue weighted by molar-refractivity contribution is 5.61. The number of rotatable bonds is 2. The van der Waals surface area contributed by atoms with Gasteiger partial charge in [-0.05, 0) is 18.9 Å². The maximum absolute atomic E-state index is 4.59. The first-order valence-corrected chi connectivity index (χ1v) is 6.19. The summed E-state index contributed by atoms with van der Waals surface area (Å²) in [4.78, 5) is 8.79. The Bertz CT molecular complexity index is 698. The van der Waals surface area contributed by atoms with Crippen molar-refractivity contribution < 1.29 is 0 Å². The molecule has 0 aliphatic heterocycles. The fraction of sp³-hybridized carbons (Fsp3) is 0.214. The van der Waals surface area contributed by atoms with E-state index in [1.807, 2.05) is 28.8 Å². The van der Waals surface area contributed by atoms with Gasteiger partial charge in [0.2, 0.25) is 0 Å². The minimum atomic E-state index is 0.551. The molecule has 2 aromatic heterocycles. The van der Waals surface area contributed by atoms with Crippen LogP contribution in [0.5, 0.6) is 0 Å². The van der Waals surface area contributed by atoms with Gasteiger partial charge in [-0.15, -0.1) is 5.10 Å². The summed E-state index contributed by atoms with van der Waals surface area (Å²) in [6.45, 7) is 0. The lowest BCUT2D eigenvalue weighted by Gasteiger charge is -2.02. The Kier molecular flexibility index (Phi) is 1.97. The summed E-state index contributed by atoms with van der Waals surface area (Å²) in [5, 5.41) is 4.59. The summed E-state index contributed by atoms with van der Waals surface area (Å²) >= 11 is 0. The Hall–Kier alpha value is -2.23. The molecule has 0 spiro atoms. The van der Waals surface area contributed by atoms with Crippen LogP contribution in [0.25, 0.3) is 17.0 Å². The Morgan fingerprint density at radius 1 is 1.06 bits per heavy atom. The van der Waals surface area contributed by atoms with Crippen LogP contribution in [0.1, 0.15) is 24.6 Å². The van der Waals surface area contributed by atoms with Crippen molar-refractivity contribution in [3.8, 4) is 11.3 Å². The predicted molar refractivity (Wildman–Crippen MR) is 68.2 cm³/mol. The van der Waals surface area contributed by atoms with E-state index < -0.39 is 0 Å². The topological polar surface area (TPSA) is 43.1 Å². The van der Waals surface area contributed by atoms with E-state index in [1.165, 1.54) is 12.8 Å². The normalized spacial score (nSPS) is 15.1. The molecule has 1 aliphatic rings. The fourth-order valence-electron chi connectivity index (χ4n) is 2.15. The van der Waals surface area contributed by atoms with E-state index in [0.29, 0.717) is 11.7 Å². The van der Waals surface area contributed by atoms with Crippen molar-refractivity contribution in [3.63, 3.8) is 0 Å². The summed E-state index contributed by atoms with van der Waals surface area (Å²) in [6.07, 6.45) is 4.21. The van der Waals surface area contributed by atoms with Gasteiger partial charge in [0, 0.05) is 17.7 Å². The van der Waals surface area contributed by atoms with Gasteiger partial charge in [0.25, 0.3) is 5.78 Å². The van der Waals surface area contributed by atoms with Gasteiger partial charge in [-0.25, -0.2) is 4.98 Å². The highest BCUT2D eigenvalue weighted by Gasteiger charge is 2.28. The van der Waals surface area contributed by atoms with Crippen molar-refractivity contribution in [2.24, 2.45) is 0 Å². The van der Waals surface area contributed by atoms with Gasteiger partial charge < -0.3 is 0 Å². The van der Waals surface area contributed by atoms with E-state index in [1.54, 1.807) is 6.20 Å². The highest BCUT2D eigenvalue weighted by atomic mass is 15.3. The molecule has 1 aromatic carbocycles. The van der Waals surface area contributed by atoms with Crippen LogP contribution in [0.4, 0.5) is 0 Å². The van der Waals surface area contributed by atoms with E-state index in [9.17, 15) is 0 Å². The summed E-state index contributed by atoms with van der Waals surface area (Å²) < 4.78 is 1.85. The molecule has 0 atom stereocenters. The Morgan fingerprint density at radius 2 is 1.89 bits per heavy atom. The number of nitrogens with zero attached hydrogens (tertiary/aromatic N) is 4. The first-order chi connectivity index (χ1) is 8.92. The minimum Gasteiger partial charge on any atom is -0.220 e. The SMILES string of the molecule is c1ccc(-c2ccnc3nc(C4CC4)nn23)cc1. The standard InChI is InChI=1S/C14H12N4/c1-2-4-10(5-3-1)12-8-9-15-14-16-13(11-6-7-11)17-18(12)14/h1-5,8-9,11H,6-7H2. The number of aromatic nitrogens is 4. The number of hydrogen-bond acceptors (Lipinski definition) is 3. The molecule has 1 fully saturated rings. The number of fused-ring (bicyclic) bond motifs is 1. The van der Waals surface area contributed by atoms with Crippen LogP contribution < -0.4 is 0 Å². The average Bonchev–Trinajstić information content (AvgIpc) is 3.18. The van der Waals surface area contributed by atoms with E-state index >= 15 is 0 Å². The summed E-state index contributed by atoms with van der Waals surface area (Å²) in [5.41, 5.74) is 2.18. The van der Waals surface area contributed by atoms with Crippen molar-refractivity contribution in [3.05, 3.63) is 48.4 Å². The molecule has 4 heteroatoms. The second-order valence-corrected chi connectivity index (χ2v) is 4.65. The zero-order valence-corrected chi connectivity index (χ0v) is 9.82. The fourth-order valence-corrected chi connectivity index (χ4v) is 2.15. The first-order valence-electron chi connectivity index (χ1n) is 6.19. The number of hydrogen-bond donors (Lipinski definition) is 0. The van der Waals surface area contributed by atoms with Crippen molar-refractivity contribution in [2.75, 3.05) is 0 Å². The zero-order chi connectivity index (χ0) is 11.9. The molecule has 0 radical (unpaired) electrons. The molecule has 2 heterocycles. The van der Waals surface area contributed by atoms with Gasteiger partial charge >= 0.3 is 0 Å². The van der Waals surface area contributed by atoms with Crippen LogP contribution in [0.15, 0.2) is 42.6 Å².